The third-order valence-corrected chi connectivity index (χ3v) is 6.99. The Bertz CT molecular complexity index is 1930. The molecule has 2 aromatic carbocycles. The van der Waals surface area contributed by atoms with Crippen molar-refractivity contribution in [1.82, 2.24) is 34.4 Å². The van der Waals surface area contributed by atoms with E-state index in [0.29, 0.717) is 53.1 Å². The Morgan fingerprint density at radius 2 is 1.95 bits per heavy atom. The lowest BCUT2D eigenvalue weighted by Gasteiger charge is -2.20. The number of nitrogens with two attached hydrogens (primary N) is 1. The van der Waals surface area contributed by atoms with Crippen molar-refractivity contribution in [2.24, 2.45) is 0 Å². The molecule has 204 valence electrons. The Labute approximate surface area is 234 Å². The van der Waals surface area contributed by atoms with Gasteiger partial charge < -0.3 is 16.0 Å². The van der Waals surface area contributed by atoms with Crippen molar-refractivity contribution in [2.45, 2.75) is 25.8 Å². The molecule has 1 saturated heterocycles. The molecule has 6 rings (SSSR count). The number of nitrogens with one attached hydrogen (secondary N) is 1. The molecule has 1 aliphatic heterocycles. The van der Waals surface area contributed by atoms with Crippen LogP contribution in [0.3, 0.4) is 0 Å². The van der Waals surface area contributed by atoms with E-state index in [2.05, 4.69) is 27.2 Å². The van der Waals surface area contributed by atoms with Crippen LogP contribution in [-0.2, 0) is 4.79 Å². The maximum Gasteiger partial charge on any atom is 0.267 e. The number of rotatable bonds is 5. The number of hydrogen-bond acceptors (Lipinski definition) is 7. The van der Waals surface area contributed by atoms with Gasteiger partial charge in [-0.2, -0.15) is 0 Å². The average Bonchev–Trinajstić information content (AvgIpc) is 3.54. The zero-order chi connectivity index (χ0) is 28.5. The number of amides is 2. The second kappa shape index (κ2) is 10.6. The minimum absolute atomic E-state index is 0.0409. The van der Waals surface area contributed by atoms with E-state index in [4.69, 9.17) is 10.7 Å². The summed E-state index contributed by atoms with van der Waals surface area (Å²) < 4.78 is 2.92. The molecule has 11 nitrogen and oxygen atoms in total. The van der Waals surface area contributed by atoms with Gasteiger partial charge in [-0.3, -0.25) is 19.0 Å². The molecule has 3 N–H and O–H groups in total. The highest BCUT2D eigenvalue weighted by atomic mass is 16.2. The minimum atomic E-state index is -0.700. The number of carbonyl (C=O) groups excluding carboxylic acids is 2. The molecule has 0 bridgehead atoms. The van der Waals surface area contributed by atoms with Crippen molar-refractivity contribution in [3.8, 4) is 17.5 Å². The molecule has 1 fully saturated rings. The summed E-state index contributed by atoms with van der Waals surface area (Å²) in [5.74, 6) is 6.10. The number of anilines is 1. The maximum absolute atomic E-state index is 14.1. The standard InChI is InChI=1S/C30H26N8O3/c1-19(33-29(40)25-26(31)35-37-18-8-15-32-28(25)37)27-34-22-13-5-9-20(10-6-16-36-17-7-14-23(36)39)24(22)30(41)38(27)21-11-3-2-4-12-21/h2-5,8-9,11-13,15,18-19H,7,14,16-17H2,1H3,(H2,31,35)(H,33,40)/t19-/m0/s1. The Kier molecular flexibility index (Phi) is 6.65. The number of carbonyl (C=O) groups is 2. The fraction of sp³-hybridized carbons (Fsp3) is 0.200. The monoisotopic (exact) mass is 546 g/mol. The van der Waals surface area contributed by atoms with Crippen LogP contribution in [0.5, 0.6) is 0 Å². The molecule has 0 unspecified atom stereocenters. The van der Waals surface area contributed by atoms with Crippen molar-refractivity contribution in [3.05, 3.63) is 94.3 Å². The SMILES string of the molecule is C[C@H](NC(=O)c1c(N)nn2cccnc12)c1nc2cccc(C#CCN3CCCC3=O)c2c(=O)n1-c1ccccc1. The zero-order valence-electron chi connectivity index (χ0n) is 22.2. The van der Waals surface area contributed by atoms with Gasteiger partial charge in [0.05, 0.1) is 29.2 Å². The molecular weight excluding hydrogens is 520 g/mol. The Hall–Kier alpha value is -5.50. The summed E-state index contributed by atoms with van der Waals surface area (Å²) in [7, 11) is 0. The Balaban J connectivity index is 1.42. The number of hydrogen-bond donors (Lipinski definition) is 2. The largest absolute Gasteiger partial charge is 0.381 e. The minimum Gasteiger partial charge on any atom is -0.381 e. The smallest absolute Gasteiger partial charge is 0.267 e. The summed E-state index contributed by atoms with van der Waals surface area (Å²) in [6.07, 6.45) is 4.58. The number of fused-ring (bicyclic) bond motifs is 2. The second-order valence-electron chi connectivity index (χ2n) is 9.71. The second-order valence-corrected chi connectivity index (χ2v) is 9.71. The van der Waals surface area contributed by atoms with Crippen LogP contribution < -0.4 is 16.6 Å². The van der Waals surface area contributed by atoms with Gasteiger partial charge in [0.2, 0.25) is 5.91 Å². The van der Waals surface area contributed by atoms with Crippen molar-refractivity contribution in [3.63, 3.8) is 0 Å². The van der Waals surface area contributed by atoms with E-state index in [-0.39, 0.29) is 22.8 Å². The molecule has 2 amide bonds. The molecule has 0 radical (unpaired) electrons. The number of aromatic nitrogens is 5. The molecule has 1 atom stereocenters. The van der Waals surface area contributed by atoms with Crippen LogP contribution in [0.25, 0.3) is 22.2 Å². The zero-order valence-corrected chi connectivity index (χ0v) is 22.2. The summed E-state index contributed by atoms with van der Waals surface area (Å²) in [6, 6.07) is 15.4. The van der Waals surface area contributed by atoms with Crippen molar-refractivity contribution >= 4 is 34.2 Å². The van der Waals surface area contributed by atoms with E-state index in [9.17, 15) is 14.4 Å². The number of nitrogen functional groups attached to an aromatic ring is 1. The Morgan fingerprint density at radius 1 is 1.12 bits per heavy atom. The molecule has 5 aromatic rings. The number of para-hydroxylation sites is 1. The van der Waals surface area contributed by atoms with Gasteiger partial charge in [-0.1, -0.05) is 36.1 Å². The fourth-order valence-corrected chi connectivity index (χ4v) is 5.02. The lowest BCUT2D eigenvalue weighted by atomic mass is 10.1. The van der Waals surface area contributed by atoms with Gasteiger partial charge in [0, 0.05) is 30.9 Å². The summed E-state index contributed by atoms with van der Waals surface area (Å²) in [4.78, 5) is 50.3. The van der Waals surface area contributed by atoms with E-state index in [1.165, 1.54) is 9.08 Å². The molecule has 0 spiro atoms. The third-order valence-electron chi connectivity index (χ3n) is 6.99. The van der Waals surface area contributed by atoms with Gasteiger partial charge in [0.15, 0.2) is 11.5 Å². The summed E-state index contributed by atoms with van der Waals surface area (Å²) in [5.41, 5.74) is 7.74. The highest BCUT2D eigenvalue weighted by molar-refractivity contribution is 6.04. The number of benzene rings is 2. The molecule has 4 heterocycles. The molecule has 0 aliphatic carbocycles. The van der Waals surface area contributed by atoms with Crippen molar-refractivity contribution in [2.75, 3.05) is 18.8 Å². The molecule has 11 heteroatoms. The molecular formula is C30H26N8O3. The summed E-state index contributed by atoms with van der Waals surface area (Å²) in [6.45, 7) is 2.74. The van der Waals surface area contributed by atoms with Gasteiger partial charge >= 0.3 is 0 Å². The number of likely N-dealkylation sites (tertiary alicyclic amines) is 1. The van der Waals surface area contributed by atoms with Crippen LogP contribution in [0.4, 0.5) is 5.82 Å². The normalized spacial score (nSPS) is 13.8. The van der Waals surface area contributed by atoms with Gasteiger partial charge in [-0.05, 0) is 43.7 Å². The lowest BCUT2D eigenvalue weighted by Crippen LogP contribution is -2.33. The molecule has 1 aliphatic rings. The van der Waals surface area contributed by atoms with Crippen LogP contribution in [0, 0.1) is 11.8 Å². The van der Waals surface area contributed by atoms with Crippen LogP contribution in [0.2, 0.25) is 0 Å². The van der Waals surface area contributed by atoms with Crippen LogP contribution in [0.1, 0.15) is 47.6 Å². The topological polar surface area (TPSA) is 141 Å². The summed E-state index contributed by atoms with van der Waals surface area (Å²) >= 11 is 0. The molecule has 3 aromatic heterocycles. The van der Waals surface area contributed by atoms with E-state index in [1.807, 2.05) is 18.2 Å². The predicted octanol–water partition coefficient (Wildman–Crippen LogP) is 2.48. The predicted molar refractivity (Wildman–Crippen MR) is 153 cm³/mol. The van der Waals surface area contributed by atoms with Crippen LogP contribution in [0.15, 0.2) is 71.8 Å². The first-order valence-corrected chi connectivity index (χ1v) is 13.2. The first-order chi connectivity index (χ1) is 19.9. The van der Waals surface area contributed by atoms with Gasteiger partial charge in [-0.15, -0.1) is 5.10 Å². The van der Waals surface area contributed by atoms with Gasteiger partial charge in [-0.25, -0.2) is 14.5 Å². The van der Waals surface area contributed by atoms with E-state index < -0.39 is 11.9 Å². The van der Waals surface area contributed by atoms with Crippen LogP contribution in [-0.4, -0.2) is 54.0 Å². The van der Waals surface area contributed by atoms with Gasteiger partial charge in [0.1, 0.15) is 11.4 Å². The van der Waals surface area contributed by atoms with E-state index >= 15 is 0 Å². The highest BCUT2D eigenvalue weighted by Gasteiger charge is 2.25. The lowest BCUT2D eigenvalue weighted by molar-refractivity contribution is -0.127. The van der Waals surface area contributed by atoms with Crippen molar-refractivity contribution < 1.29 is 9.59 Å². The van der Waals surface area contributed by atoms with Crippen LogP contribution >= 0.6 is 0 Å². The maximum atomic E-state index is 14.1. The fourth-order valence-electron chi connectivity index (χ4n) is 5.02. The molecule has 0 saturated carbocycles. The number of nitrogens with zero attached hydrogens (tertiary/aromatic N) is 6. The van der Waals surface area contributed by atoms with E-state index in [0.717, 1.165) is 6.42 Å². The third kappa shape index (κ3) is 4.76. The average molecular weight is 547 g/mol. The van der Waals surface area contributed by atoms with Gasteiger partial charge in [0.25, 0.3) is 11.5 Å². The first kappa shape index (κ1) is 25.8. The van der Waals surface area contributed by atoms with Crippen molar-refractivity contribution in [1.29, 1.82) is 0 Å². The quantitative estimate of drug-likeness (QED) is 0.323. The Morgan fingerprint density at radius 3 is 2.73 bits per heavy atom. The summed E-state index contributed by atoms with van der Waals surface area (Å²) in [5, 5.41) is 7.44. The first-order valence-electron chi connectivity index (χ1n) is 13.2. The van der Waals surface area contributed by atoms with E-state index in [1.54, 1.807) is 60.6 Å². The molecule has 41 heavy (non-hydrogen) atoms. The highest BCUT2D eigenvalue weighted by Crippen LogP contribution is 2.22.